The molecule has 0 radical (unpaired) electrons. The zero-order valence-corrected chi connectivity index (χ0v) is 15.7. The fourth-order valence-electron chi connectivity index (χ4n) is 4.31. The smallest absolute Gasteiger partial charge is 0.217 e. The molecule has 1 aromatic carbocycles. The van der Waals surface area contributed by atoms with E-state index in [0.29, 0.717) is 32.3 Å². The number of hydrogen-bond donors (Lipinski definition) is 2. The van der Waals surface area contributed by atoms with Crippen LogP contribution in [0.25, 0.3) is 10.9 Å². The molecule has 0 aliphatic carbocycles. The second-order valence-corrected chi connectivity index (χ2v) is 7.24. The number of nitrogens with zero attached hydrogens (tertiary/aromatic N) is 1. The zero-order chi connectivity index (χ0) is 18.6. The SMILES string of the molecule is CCCCn1c2c(c3ccccc31)CCOC2(CCCO)CCC(N)=O. The molecule has 0 spiro atoms. The Morgan fingerprint density at radius 3 is 2.85 bits per heavy atom. The summed E-state index contributed by atoms with van der Waals surface area (Å²) in [7, 11) is 0. The standard InChI is InChI=1S/C21H30N2O3/c1-2-3-13-23-18-8-5-4-7-16(18)17-10-15-26-21(20(17)23,11-6-14-24)12-9-19(22)25/h4-5,7-8,24H,2-3,6,9-15H2,1H3,(H2,22,25). The highest BCUT2D eigenvalue weighted by Crippen LogP contribution is 2.45. The summed E-state index contributed by atoms with van der Waals surface area (Å²) in [6, 6.07) is 8.53. The Bertz CT molecular complexity index is 768. The van der Waals surface area contributed by atoms with Crippen LogP contribution < -0.4 is 5.73 Å². The number of fused-ring (bicyclic) bond motifs is 3. The molecule has 1 aromatic heterocycles. The highest BCUT2D eigenvalue weighted by molar-refractivity contribution is 5.86. The van der Waals surface area contributed by atoms with Crippen LogP contribution in [0.4, 0.5) is 0 Å². The van der Waals surface area contributed by atoms with Gasteiger partial charge < -0.3 is 20.1 Å². The first-order valence-corrected chi connectivity index (χ1v) is 9.76. The third-order valence-corrected chi connectivity index (χ3v) is 5.49. The van der Waals surface area contributed by atoms with E-state index in [1.807, 2.05) is 0 Å². The number of aliphatic hydroxyl groups excluding tert-OH is 1. The van der Waals surface area contributed by atoms with Crippen molar-refractivity contribution in [2.45, 2.75) is 64.0 Å². The Labute approximate surface area is 155 Å². The molecule has 5 nitrogen and oxygen atoms in total. The van der Waals surface area contributed by atoms with Gasteiger partial charge in [0.25, 0.3) is 0 Å². The quantitative estimate of drug-likeness (QED) is 0.722. The number of nitrogens with two attached hydrogens (primary N) is 1. The molecule has 0 fully saturated rings. The maximum absolute atomic E-state index is 11.5. The number of amides is 1. The number of hydrogen-bond acceptors (Lipinski definition) is 3. The molecular weight excluding hydrogens is 328 g/mol. The van der Waals surface area contributed by atoms with E-state index in [9.17, 15) is 9.90 Å². The molecular formula is C21H30N2O3. The molecule has 3 N–H and O–H groups in total. The summed E-state index contributed by atoms with van der Waals surface area (Å²) in [4.78, 5) is 11.5. The van der Waals surface area contributed by atoms with Gasteiger partial charge in [-0.15, -0.1) is 0 Å². The average Bonchev–Trinajstić information content (AvgIpc) is 2.98. The molecule has 0 bridgehead atoms. The Kier molecular flexibility index (Phi) is 5.99. The number of rotatable bonds is 9. The Morgan fingerprint density at radius 1 is 1.31 bits per heavy atom. The van der Waals surface area contributed by atoms with Crippen molar-refractivity contribution in [3.63, 3.8) is 0 Å². The molecule has 1 aliphatic heterocycles. The van der Waals surface area contributed by atoms with Gasteiger partial charge in [0, 0.05) is 30.5 Å². The first kappa shape index (κ1) is 18.9. The van der Waals surface area contributed by atoms with Crippen molar-refractivity contribution in [3.8, 4) is 0 Å². The number of carbonyl (C=O) groups excluding carboxylic acids is 1. The van der Waals surface area contributed by atoms with E-state index >= 15 is 0 Å². The maximum Gasteiger partial charge on any atom is 0.217 e. The lowest BCUT2D eigenvalue weighted by atomic mass is 9.83. The van der Waals surface area contributed by atoms with E-state index in [1.54, 1.807) is 0 Å². The predicted molar refractivity (Wildman–Crippen MR) is 103 cm³/mol. The molecule has 1 aliphatic rings. The number of para-hydroxylation sites is 1. The number of ether oxygens (including phenoxy) is 1. The summed E-state index contributed by atoms with van der Waals surface area (Å²) in [5.41, 5.74) is 8.70. The van der Waals surface area contributed by atoms with Gasteiger partial charge in [-0.1, -0.05) is 31.5 Å². The molecule has 2 aromatic rings. The van der Waals surface area contributed by atoms with Crippen molar-refractivity contribution in [2.24, 2.45) is 5.73 Å². The van der Waals surface area contributed by atoms with Crippen molar-refractivity contribution in [2.75, 3.05) is 13.2 Å². The van der Waals surface area contributed by atoms with Crippen molar-refractivity contribution in [1.29, 1.82) is 0 Å². The largest absolute Gasteiger partial charge is 0.396 e. The van der Waals surface area contributed by atoms with Crippen LogP contribution in [0.3, 0.4) is 0 Å². The number of benzene rings is 1. The van der Waals surface area contributed by atoms with Gasteiger partial charge in [0.15, 0.2) is 0 Å². The van der Waals surface area contributed by atoms with Gasteiger partial charge in [0.2, 0.25) is 5.91 Å². The molecule has 1 amide bonds. The second kappa shape index (κ2) is 8.23. The van der Waals surface area contributed by atoms with Gasteiger partial charge in [-0.2, -0.15) is 0 Å². The van der Waals surface area contributed by atoms with E-state index < -0.39 is 5.60 Å². The van der Waals surface area contributed by atoms with E-state index in [4.69, 9.17) is 10.5 Å². The highest BCUT2D eigenvalue weighted by Gasteiger charge is 2.41. The molecule has 5 heteroatoms. The van der Waals surface area contributed by atoms with Crippen molar-refractivity contribution in [3.05, 3.63) is 35.5 Å². The second-order valence-electron chi connectivity index (χ2n) is 7.24. The molecule has 1 atom stereocenters. The van der Waals surface area contributed by atoms with E-state index in [1.165, 1.54) is 22.2 Å². The molecule has 3 rings (SSSR count). The lowest BCUT2D eigenvalue weighted by Gasteiger charge is -2.39. The highest BCUT2D eigenvalue weighted by atomic mass is 16.5. The summed E-state index contributed by atoms with van der Waals surface area (Å²) in [6.07, 6.45) is 5.30. The molecule has 2 heterocycles. The van der Waals surface area contributed by atoms with Crippen LogP contribution in [0.5, 0.6) is 0 Å². The summed E-state index contributed by atoms with van der Waals surface area (Å²) in [5, 5.41) is 10.7. The molecule has 142 valence electrons. The minimum atomic E-state index is -0.544. The predicted octanol–water partition coefficient (Wildman–Crippen LogP) is 3.25. The molecule has 0 saturated heterocycles. The minimum absolute atomic E-state index is 0.117. The van der Waals surface area contributed by atoms with Crippen LogP contribution >= 0.6 is 0 Å². The Morgan fingerprint density at radius 2 is 2.12 bits per heavy atom. The maximum atomic E-state index is 11.5. The average molecular weight is 358 g/mol. The van der Waals surface area contributed by atoms with Crippen LogP contribution in [-0.4, -0.2) is 28.8 Å². The number of primary amides is 1. The van der Waals surface area contributed by atoms with Crippen molar-refractivity contribution >= 4 is 16.8 Å². The summed E-state index contributed by atoms with van der Waals surface area (Å²) in [6.45, 7) is 3.89. The molecule has 1 unspecified atom stereocenters. The normalized spacial score (nSPS) is 19.6. The van der Waals surface area contributed by atoms with Crippen LogP contribution in [0.15, 0.2) is 24.3 Å². The minimum Gasteiger partial charge on any atom is -0.396 e. The first-order valence-electron chi connectivity index (χ1n) is 9.76. The fourth-order valence-corrected chi connectivity index (χ4v) is 4.31. The van der Waals surface area contributed by atoms with Crippen LogP contribution in [0.1, 0.15) is 56.7 Å². The van der Waals surface area contributed by atoms with E-state index in [0.717, 1.165) is 25.8 Å². The Hall–Kier alpha value is -1.85. The monoisotopic (exact) mass is 358 g/mol. The Balaban J connectivity index is 2.16. The van der Waals surface area contributed by atoms with Gasteiger partial charge in [-0.3, -0.25) is 4.79 Å². The summed E-state index contributed by atoms with van der Waals surface area (Å²) < 4.78 is 8.75. The van der Waals surface area contributed by atoms with Crippen LogP contribution in [0, 0.1) is 0 Å². The van der Waals surface area contributed by atoms with Gasteiger partial charge in [-0.25, -0.2) is 0 Å². The first-order chi connectivity index (χ1) is 12.6. The topological polar surface area (TPSA) is 77.5 Å². The van der Waals surface area contributed by atoms with Crippen molar-refractivity contribution < 1.29 is 14.6 Å². The van der Waals surface area contributed by atoms with Crippen LogP contribution in [0.2, 0.25) is 0 Å². The fraction of sp³-hybridized carbons (Fsp3) is 0.571. The zero-order valence-electron chi connectivity index (χ0n) is 15.7. The number of unbranched alkanes of at least 4 members (excludes halogenated alkanes) is 1. The van der Waals surface area contributed by atoms with Crippen molar-refractivity contribution in [1.82, 2.24) is 4.57 Å². The molecule has 26 heavy (non-hydrogen) atoms. The number of aromatic nitrogens is 1. The van der Waals surface area contributed by atoms with Gasteiger partial charge >= 0.3 is 0 Å². The van der Waals surface area contributed by atoms with Gasteiger partial charge in [0.1, 0.15) is 5.60 Å². The summed E-state index contributed by atoms with van der Waals surface area (Å²) in [5.74, 6) is -0.305. The third kappa shape index (κ3) is 3.51. The number of aliphatic hydroxyl groups is 1. The molecule has 0 saturated carbocycles. The third-order valence-electron chi connectivity index (χ3n) is 5.49. The van der Waals surface area contributed by atoms with Crippen LogP contribution in [-0.2, 0) is 28.1 Å². The van der Waals surface area contributed by atoms with E-state index in [2.05, 4.69) is 35.8 Å². The van der Waals surface area contributed by atoms with Gasteiger partial charge in [-0.05, 0) is 43.7 Å². The lowest BCUT2D eigenvalue weighted by Crippen LogP contribution is -2.39. The number of carbonyl (C=O) groups is 1. The van der Waals surface area contributed by atoms with E-state index in [-0.39, 0.29) is 12.5 Å². The lowest BCUT2D eigenvalue weighted by molar-refractivity contribution is -0.122. The number of aryl methyl sites for hydroxylation is 1. The van der Waals surface area contributed by atoms with Gasteiger partial charge in [0.05, 0.1) is 12.3 Å². The summed E-state index contributed by atoms with van der Waals surface area (Å²) >= 11 is 0.